The van der Waals surface area contributed by atoms with Gasteiger partial charge >= 0.3 is 12.6 Å². The zero-order chi connectivity index (χ0) is 17.1. The first-order valence-electron chi connectivity index (χ1n) is 7.16. The van der Waals surface area contributed by atoms with Crippen molar-refractivity contribution >= 4 is 17.9 Å². The van der Waals surface area contributed by atoms with E-state index in [-0.39, 0.29) is 17.3 Å². The van der Waals surface area contributed by atoms with Gasteiger partial charge in [-0.2, -0.15) is 8.78 Å². The summed E-state index contributed by atoms with van der Waals surface area (Å²) in [6, 6.07) is 13.5. The summed E-state index contributed by atoms with van der Waals surface area (Å²) in [7, 11) is 0. The van der Waals surface area contributed by atoms with Crippen LogP contribution in [0.15, 0.2) is 59.2 Å². The number of rotatable bonds is 4. The highest BCUT2D eigenvalue weighted by atomic mass is 19.3. The number of nitrogens with zero attached hydrogens (tertiary/aromatic N) is 1. The van der Waals surface area contributed by atoms with Crippen LogP contribution in [0.25, 0.3) is 6.08 Å². The molecule has 0 unspecified atom stereocenters. The van der Waals surface area contributed by atoms with Crippen molar-refractivity contribution in [3.8, 4) is 5.75 Å². The Kier molecular flexibility index (Phi) is 4.37. The summed E-state index contributed by atoms with van der Waals surface area (Å²) in [5, 5.41) is 0. The number of aryl methyl sites for hydroxylation is 1. The van der Waals surface area contributed by atoms with Crippen LogP contribution >= 0.6 is 0 Å². The van der Waals surface area contributed by atoms with E-state index in [0.717, 1.165) is 5.56 Å². The van der Waals surface area contributed by atoms with Crippen LogP contribution in [0, 0.1) is 6.92 Å². The van der Waals surface area contributed by atoms with Gasteiger partial charge in [-0.15, -0.1) is 0 Å². The zero-order valence-electron chi connectivity index (χ0n) is 12.7. The lowest BCUT2D eigenvalue weighted by Gasteiger charge is -2.07. The molecule has 0 bridgehead atoms. The molecule has 0 saturated carbocycles. The summed E-state index contributed by atoms with van der Waals surface area (Å²) in [6.45, 7) is -1.01. The number of para-hydroxylation sites is 1. The highest BCUT2D eigenvalue weighted by molar-refractivity contribution is 6.12. The van der Waals surface area contributed by atoms with Gasteiger partial charge in [-0.1, -0.05) is 35.9 Å². The number of esters is 1. The third kappa shape index (κ3) is 3.48. The predicted molar refractivity (Wildman–Crippen MR) is 84.9 cm³/mol. The number of hydrogen-bond acceptors (Lipinski definition) is 4. The minimum Gasteiger partial charge on any atom is -0.434 e. The highest BCUT2D eigenvalue weighted by Gasteiger charge is 2.24. The van der Waals surface area contributed by atoms with Crippen molar-refractivity contribution < 1.29 is 23.0 Å². The molecule has 0 fully saturated rings. The molecular weight excluding hydrogens is 316 g/mol. The van der Waals surface area contributed by atoms with Gasteiger partial charge in [-0.25, -0.2) is 9.79 Å². The fourth-order valence-electron chi connectivity index (χ4n) is 2.18. The molecular formula is C18H13F2NO3. The second kappa shape index (κ2) is 6.62. The fourth-order valence-corrected chi connectivity index (χ4v) is 2.18. The minimum atomic E-state index is -2.95. The first-order valence-corrected chi connectivity index (χ1v) is 7.16. The molecule has 0 aliphatic carbocycles. The molecule has 24 heavy (non-hydrogen) atoms. The molecule has 1 aliphatic rings. The molecule has 0 spiro atoms. The van der Waals surface area contributed by atoms with Gasteiger partial charge in [-0.05, 0) is 31.2 Å². The Balaban J connectivity index is 1.93. The monoisotopic (exact) mass is 329 g/mol. The second-order valence-corrected chi connectivity index (χ2v) is 5.12. The first-order chi connectivity index (χ1) is 11.5. The smallest absolute Gasteiger partial charge is 0.387 e. The maximum atomic E-state index is 12.4. The van der Waals surface area contributed by atoms with E-state index >= 15 is 0 Å². The van der Waals surface area contributed by atoms with Crippen molar-refractivity contribution in [2.45, 2.75) is 13.5 Å². The lowest BCUT2D eigenvalue weighted by molar-refractivity contribution is -0.129. The molecule has 4 nitrogen and oxygen atoms in total. The average Bonchev–Trinajstić information content (AvgIpc) is 2.90. The standard InChI is InChI=1S/C18H13F2NO3/c1-11-6-8-12(9-7-11)16-21-14(17(22)24-16)10-13-4-2-3-5-15(13)23-18(19)20/h2-10,18H,1H3. The third-order valence-corrected chi connectivity index (χ3v) is 3.35. The van der Waals surface area contributed by atoms with E-state index in [2.05, 4.69) is 9.73 Å². The number of hydrogen-bond donors (Lipinski definition) is 0. The van der Waals surface area contributed by atoms with Crippen LogP contribution in [0.2, 0.25) is 0 Å². The first kappa shape index (κ1) is 15.9. The molecule has 0 saturated heterocycles. The fraction of sp³-hybridized carbons (Fsp3) is 0.111. The Morgan fingerprint density at radius 2 is 1.83 bits per heavy atom. The van der Waals surface area contributed by atoms with Crippen molar-refractivity contribution in [1.82, 2.24) is 0 Å². The summed E-state index contributed by atoms with van der Waals surface area (Å²) >= 11 is 0. The molecule has 1 aliphatic heterocycles. The Morgan fingerprint density at radius 1 is 1.12 bits per heavy atom. The lowest BCUT2D eigenvalue weighted by Crippen LogP contribution is -2.05. The van der Waals surface area contributed by atoms with Crippen molar-refractivity contribution in [3.05, 3.63) is 70.9 Å². The maximum absolute atomic E-state index is 12.4. The van der Waals surface area contributed by atoms with Crippen LogP contribution in [-0.4, -0.2) is 18.5 Å². The van der Waals surface area contributed by atoms with E-state index in [9.17, 15) is 13.6 Å². The van der Waals surface area contributed by atoms with Gasteiger partial charge in [-0.3, -0.25) is 0 Å². The lowest BCUT2D eigenvalue weighted by atomic mass is 10.1. The normalized spacial score (nSPS) is 15.6. The molecule has 0 atom stereocenters. The number of halogens is 2. The van der Waals surface area contributed by atoms with Crippen molar-refractivity contribution in [2.75, 3.05) is 0 Å². The number of carbonyl (C=O) groups is 1. The van der Waals surface area contributed by atoms with Crippen LogP contribution in [0.4, 0.5) is 8.78 Å². The van der Waals surface area contributed by atoms with Gasteiger partial charge in [0.15, 0.2) is 5.70 Å². The minimum absolute atomic E-state index is 0.0240. The molecule has 0 aromatic heterocycles. The van der Waals surface area contributed by atoms with Crippen LogP contribution in [-0.2, 0) is 9.53 Å². The van der Waals surface area contributed by atoms with E-state index in [1.54, 1.807) is 30.3 Å². The number of benzene rings is 2. The molecule has 0 amide bonds. The summed E-state index contributed by atoms with van der Waals surface area (Å²) in [6.07, 6.45) is 1.36. The summed E-state index contributed by atoms with van der Waals surface area (Å²) in [4.78, 5) is 16.1. The molecule has 0 radical (unpaired) electrons. The van der Waals surface area contributed by atoms with Gasteiger partial charge in [0, 0.05) is 11.1 Å². The molecule has 6 heteroatoms. The zero-order valence-corrected chi connectivity index (χ0v) is 12.7. The predicted octanol–water partition coefficient (Wildman–Crippen LogP) is 3.94. The van der Waals surface area contributed by atoms with E-state index < -0.39 is 12.6 Å². The third-order valence-electron chi connectivity index (χ3n) is 3.35. The number of cyclic esters (lactones) is 1. The average molecular weight is 329 g/mol. The topological polar surface area (TPSA) is 47.9 Å². The van der Waals surface area contributed by atoms with Crippen LogP contribution in [0.5, 0.6) is 5.75 Å². The van der Waals surface area contributed by atoms with E-state index in [1.807, 2.05) is 19.1 Å². The van der Waals surface area contributed by atoms with Gasteiger partial charge in [0.05, 0.1) is 0 Å². The Bertz CT molecular complexity index is 826. The van der Waals surface area contributed by atoms with E-state index in [4.69, 9.17) is 4.74 Å². The number of aliphatic imine (C=N–C) groups is 1. The van der Waals surface area contributed by atoms with Crippen molar-refractivity contribution in [2.24, 2.45) is 4.99 Å². The summed E-state index contributed by atoms with van der Waals surface area (Å²) in [5.41, 5.74) is 2.07. The SMILES string of the molecule is Cc1ccc(C2=NC(=Cc3ccccc3OC(F)F)C(=O)O2)cc1. The Morgan fingerprint density at radius 3 is 2.54 bits per heavy atom. The molecule has 0 N–H and O–H groups in total. The van der Waals surface area contributed by atoms with E-state index in [1.165, 1.54) is 12.1 Å². The van der Waals surface area contributed by atoms with Gasteiger partial charge in [0.1, 0.15) is 5.75 Å². The maximum Gasteiger partial charge on any atom is 0.387 e. The van der Waals surface area contributed by atoms with Crippen molar-refractivity contribution in [1.29, 1.82) is 0 Å². The molecule has 1 heterocycles. The van der Waals surface area contributed by atoms with Crippen LogP contribution in [0.1, 0.15) is 16.7 Å². The molecule has 2 aromatic carbocycles. The number of carbonyl (C=O) groups excluding carboxylic acids is 1. The Hall–Kier alpha value is -3.02. The molecule has 3 rings (SSSR count). The largest absolute Gasteiger partial charge is 0.434 e. The molecule has 122 valence electrons. The Labute approximate surface area is 137 Å². The van der Waals surface area contributed by atoms with Gasteiger partial charge in [0.25, 0.3) is 0 Å². The number of alkyl halides is 2. The van der Waals surface area contributed by atoms with E-state index in [0.29, 0.717) is 11.1 Å². The van der Waals surface area contributed by atoms with Crippen molar-refractivity contribution in [3.63, 3.8) is 0 Å². The van der Waals surface area contributed by atoms with Crippen LogP contribution < -0.4 is 4.74 Å². The van der Waals surface area contributed by atoms with Gasteiger partial charge in [0.2, 0.25) is 5.90 Å². The quantitative estimate of drug-likeness (QED) is 0.630. The van der Waals surface area contributed by atoms with Gasteiger partial charge < -0.3 is 9.47 Å². The highest BCUT2D eigenvalue weighted by Crippen LogP contribution is 2.25. The second-order valence-electron chi connectivity index (χ2n) is 5.12. The summed E-state index contributed by atoms with van der Waals surface area (Å²) in [5.74, 6) is -0.497. The van der Waals surface area contributed by atoms with Crippen LogP contribution in [0.3, 0.4) is 0 Å². The molecule has 2 aromatic rings. The number of ether oxygens (including phenoxy) is 2. The summed E-state index contributed by atoms with van der Waals surface area (Å²) < 4.78 is 34.5.